The number of morpholine rings is 1. The molecule has 9 heteroatoms. The van der Waals surface area contributed by atoms with Crippen molar-refractivity contribution in [1.29, 1.82) is 0 Å². The summed E-state index contributed by atoms with van der Waals surface area (Å²) in [5.41, 5.74) is -0.967. The van der Waals surface area contributed by atoms with E-state index in [2.05, 4.69) is 46.5 Å². The van der Waals surface area contributed by atoms with Crippen LogP contribution < -0.4 is 10.6 Å². The molecule has 2 unspecified atom stereocenters. The van der Waals surface area contributed by atoms with Crippen LogP contribution in [0.2, 0.25) is 0 Å². The Kier molecular flexibility index (Phi) is 10.5. The molecule has 0 amide bonds. The van der Waals surface area contributed by atoms with Crippen LogP contribution in [0.15, 0.2) is 34.6 Å². The number of hydrogen-bond acceptors (Lipinski definition) is 6. The second-order valence-electron chi connectivity index (χ2n) is 7.44. The van der Waals surface area contributed by atoms with Crippen molar-refractivity contribution in [3.8, 4) is 0 Å². The first-order chi connectivity index (χ1) is 14.0. The van der Waals surface area contributed by atoms with Crippen LogP contribution in [0.4, 0.5) is 0 Å². The second-order valence-corrected chi connectivity index (χ2v) is 9.71. The SMILES string of the molecule is CCNC(=NCC(C)(O)c1cccs1)NCC(c1ccc(C)s1)N1CCOCC1.I. The average molecular weight is 565 g/mol. The van der Waals surface area contributed by atoms with Gasteiger partial charge in [0.05, 0.1) is 25.8 Å². The minimum Gasteiger partial charge on any atom is -0.383 e. The number of halogens is 1. The van der Waals surface area contributed by atoms with Gasteiger partial charge in [-0.1, -0.05) is 6.07 Å². The fraction of sp³-hybridized carbons (Fsp3) is 0.571. The Bertz CT molecular complexity index is 774. The largest absolute Gasteiger partial charge is 0.383 e. The quantitative estimate of drug-likeness (QED) is 0.260. The lowest BCUT2D eigenvalue weighted by atomic mass is 10.1. The van der Waals surface area contributed by atoms with Crippen LogP contribution in [0.25, 0.3) is 0 Å². The maximum atomic E-state index is 10.8. The molecule has 0 spiro atoms. The molecule has 30 heavy (non-hydrogen) atoms. The zero-order valence-corrected chi connectivity index (χ0v) is 21.9. The van der Waals surface area contributed by atoms with Crippen molar-refractivity contribution >= 4 is 52.6 Å². The summed E-state index contributed by atoms with van der Waals surface area (Å²) in [6, 6.07) is 8.60. The van der Waals surface area contributed by atoms with Crippen LogP contribution in [0.3, 0.4) is 0 Å². The highest BCUT2D eigenvalue weighted by Gasteiger charge is 2.26. The molecular weight excluding hydrogens is 531 g/mol. The molecule has 3 rings (SSSR count). The molecule has 6 nitrogen and oxygen atoms in total. The minimum atomic E-state index is -0.967. The van der Waals surface area contributed by atoms with Gasteiger partial charge in [0, 0.05) is 40.8 Å². The number of nitrogens with one attached hydrogen (secondary N) is 2. The highest BCUT2D eigenvalue weighted by Crippen LogP contribution is 2.28. The highest BCUT2D eigenvalue weighted by atomic mass is 127. The van der Waals surface area contributed by atoms with E-state index in [0.29, 0.717) is 6.54 Å². The van der Waals surface area contributed by atoms with Gasteiger partial charge in [0.15, 0.2) is 5.96 Å². The third kappa shape index (κ3) is 7.16. The van der Waals surface area contributed by atoms with Crippen molar-refractivity contribution < 1.29 is 9.84 Å². The van der Waals surface area contributed by atoms with E-state index >= 15 is 0 Å². The van der Waals surface area contributed by atoms with E-state index in [1.807, 2.05) is 35.8 Å². The zero-order valence-electron chi connectivity index (χ0n) is 17.9. The van der Waals surface area contributed by atoms with Crippen molar-refractivity contribution in [1.82, 2.24) is 15.5 Å². The van der Waals surface area contributed by atoms with Gasteiger partial charge in [-0.15, -0.1) is 46.7 Å². The number of aryl methyl sites for hydroxylation is 1. The first-order valence-corrected chi connectivity index (χ1v) is 11.9. The van der Waals surface area contributed by atoms with Gasteiger partial charge in [0.25, 0.3) is 0 Å². The fourth-order valence-corrected chi connectivity index (χ4v) is 5.15. The normalized spacial score (nSPS) is 18.3. The van der Waals surface area contributed by atoms with Crippen LogP contribution in [-0.2, 0) is 10.3 Å². The van der Waals surface area contributed by atoms with Crippen molar-refractivity contribution in [2.24, 2.45) is 4.99 Å². The molecule has 0 saturated carbocycles. The summed E-state index contributed by atoms with van der Waals surface area (Å²) in [6.45, 7) is 11.3. The van der Waals surface area contributed by atoms with Gasteiger partial charge in [-0.3, -0.25) is 4.90 Å². The first-order valence-electron chi connectivity index (χ1n) is 10.2. The lowest BCUT2D eigenvalue weighted by molar-refractivity contribution is 0.0177. The van der Waals surface area contributed by atoms with Crippen LogP contribution >= 0.6 is 46.7 Å². The maximum absolute atomic E-state index is 10.8. The highest BCUT2D eigenvalue weighted by molar-refractivity contribution is 14.0. The Morgan fingerprint density at radius 2 is 2.07 bits per heavy atom. The number of aliphatic hydroxyl groups is 1. The summed E-state index contributed by atoms with van der Waals surface area (Å²) >= 11 is 3.40. The summed E-state index contributed by atoms with van der Waals surface area (Å²) in [5, 5.41) is 19.6. The Morgan fingerprint density at radius 3 is 2.67 bits per heavy atom. The smallest absolute Gasteiger partial charge is 0.191 e. The average Bonchev–Trinajstić information content (AvgIpc) is 3.40. The summed E-state index contributed by atoms with van der Waals surface area (Å²) in [7, 11) is 0. The predicted molar refractivity (Wildman–Crippen MR) is 137 cm³/mol. The van der Waals surface area contributed by atoms with Gasteiger partial charge < -0.3 is 20.5 Å². The van der Waals surface area contributed by atoms with Gasteiger partial charge in [-0.25, -0.2) is 4.99 Å². The third-order valence-electron chi connectivity index (χ3n) is 4.98. The van der Waals surface area contributed by atoms with E-state index in [4.69, 9.17) is 4.74 Å². The topological polar surface area (TPSA) is 69.1 Å². The number of thiophene rings is 2. The number of aliphatic imine (C=N–C) groups is 1. The molecule has 168 valence electrons. The Morgan fingerprint density at radius 1 is 1.30 bits per heavy atom. The zero-order chi connectivity index (χ0) is 20.7. The van der Waals surface area contributed by atoms with Crippen LogP contribution in [0.5, 0.6) is 0 Å². The summed E-state index contributed by atoms with van der Waals surface area (Å²) in [6.07, 6.45) is 0. The van der Waals surface area contributed by atoms with Gasteiger partial charge >= 0.3 is 0 Å². The Balaban J connectivity index is 0.00000320. The molecule has 1 aliphatic heterocycles. The molecule has 0 aromatic carbocycles. The molecule has 0 aliphatic carbocycles. The summed E-state index contributed by atoms with van der Waals surface area (Å²) < 4.78 is 5.54. The number of rotatable bonds is 8. The van der Waals surface area contributed by atoms with Crippen LogP contribution in [0, 0.1) is 6.92 Å². The molecule has 2 aromatic heterocycles. The standard InChI is InChI=1S/C21H32N4O2S2.HI/c1-4-22-20(24-15-21(3,26)19-6-5-13-28-19)23-14-17(18-8-7-16(2)29-18)25-9-11-27-12-10-25;/h5-8,13,17,26H,4,9-12,14-15H2,1-3H3,(H2,22,23,24);1H. The predicted octanol–water partition coefficient (Wildman–Crippen LogP) is 3.57. The molecular formula is C21H33IN4O2S2. The Hall–Kier alpha value is -0.720. The summed E-state index contributed by atoms with van der Waals surface area (Å²) in [4.78, 5) is 10.8. The molecule has 0 radical (unpaired) electrons. The van der Waals surface area contributed by atoms with Gasteiger partial charge in [-0.05, 0) is 44.4 Å². The van der Waals surface area contributed by atoms with Crippen LogP contribution in [0.1, 0.15) is 34.5 Å². The number of ether oxygens (including phenoxy) is 1. The number of hydrogen-bond donors (Lipinski definition) is 3. The molecule has 1 aliphatic rings. The monoisotopic (exact) mass is 564 g/mol. The molecule has 3 N–H and O–H groups in total. The first kappa shape index (κ1) is 25.5. The van der Waals surface area contributed by atoms with Crippen LogP contribution in [-0.4, -0.2) is 61.9 Å². The lowest BCUT2D eigenvalue weighted by Gasteiger charge is -2.34. The molecule has 2 aromatic rings. The summed E-state index contributed by atoms with van der Waals surface area (Å²) in [5.74, 6) is 0.732. The van der Waals surface area contributed by atoms with Gasteiger partial charge in [0.1, 0.15) is 5.60 Å². The molecule has 0 bridgehead atoms. The van der Waals surface area contributed by atoms with Crippen molar-refractivity contribution in [2.45, 2.75) is 32.4 Å². The van der Waals surface area contributed by atoms with Gasteiger partial charge in [0.2, 0.25) is 0 Å². The van der Waals surface area contributed by atoms with E-state index in [1.54, 1.807) is 11.3 Å². The van der Waals surface area contributed by atoms with Crippen molar-refractivity contribution in [3.63, 3.8) is 0 Å². The fourth-order valence-electron chi connectivity index (χ4n) is 3.36. The lowest BCUT2D eigenvalue weighted by Crippen LogP contribution is -2.46. The van der Waals surface area contributed by atoms with E-state index in [1.165, 1.54) is 9.75 Å². The van der Waals surface area contributed by atoms with Gasteiger partial charge in [-0.2, -0.15) is 0 Å². The third-order valence-corrected chi connectivity index (χ3v) is 7.21. The molecule has 3 heterocycles. The maximum Gasteiger partial charge on any atom is 0.191 e. The van der Waals surface area contributed by atoms with Crippen molar-refractivity contribution in [3.05, 3.63) is 44.3 Å². The van der Waals surface area contributed by atoms with Crippen molar-refractivity contribution in [2.75, 3.05) is 45.9 Å². The second kappa shape index (κ2) is 12.4. The van der Waals surface area contributed by atoms with E-state index in [-0.39, 0.29) is 30.0 Å². The number of guanidine groups is 1. The minimum absolute atomic E-state index is 0. The van der Waals surface area contributed by atoms with E-state index < -0.39 is 5.60 Å². The molecule has 1 fully saturated rings. The Labute approximate surface area is 204 Å². The molecule has 1 saturated heterocycles. The van der Waals surface area contributed by atoms with E-state index in [0.717, 1.165) is 50.2 Å². The van der Waals surface area contributed by atoms with E-state index in [9.17, 15) is 5.11 Å². The number of nitrogens with zero attached hydrogens (tertiary/aromatic N) is 2. The molecule has 2 atom stereocenters.